The zero-order chi connectivity index (χ0) is 16.5. The number of nitrogens with zero attached hydrogens (tertiary/aromatic N) is 3. The van der Waals surface area contributed by atoms with Crippen molar-refractivity contribution in [1.29, 1.82) is 0 Å². The van der Waals surface area contributed by atoms with Crippen LogP contribution in [0, 0.1) is 0 Å². The Labute approximate surface area is 153 Å². The molecule has 118 valence electrons. The summed E-state index contributed by atoms with van der Waals surface area (Å²) in [5.41, 5.74) is 3.69. The molecule has 3 heterocycles. The van der Waals surface area contributed by atoms with E-state index in [1.807, 2.05) is 40.4 Å². The summed E-state index contributed by atoms with van der Waals surface area (Å²) in [5.74, 6) is 0. The maximum absolute atomic E-state index is 6.18. The van der Waals surface area contributed by atoms with Crippen LogP contribution in [0.4, 0.5) is 0 Å². The normalized spacial score (nSPS) is 10.9. The molecule has 0 saturated carbocycles. The number of pyridine rings is 1. The van der Waals surface area contributed by atoms with Crippen LogP contribution in [0.1, 0.15) is 0 Å². The van der Waals surface area contributed by atoms with Gasteiger partial charge in [0.05, 0.1) is 32.0 Å². The molecule has 4 aromatic rings. The Morgan fingerprint density at radius 1 is 0.958 bits per heavy atom. The predicted octanol–water partition coefficient (Wildman–Crippen LogP) is 5.97. The largest absolute Gasteiger partial charge is 0.264 e. The maximum atomic E-state index is 6.18. The average molecular weight is 372 g/mol. The van der Waals surface area contributed by atoms with E-state index < -0.39 is 0 Å². The van der Waals surface area contributed by atoms with Crippen molar-refractivity contribution >= 4 is 34.5 Å². The van der Waals surface area contributed by atoms with Gasteiger partial charge in [-0.25, -0.2) is 4.68 Å². The molecule has 0 aliphatic rings. The molecule has 24 heavy (non-hydrogen) atoms. The molecule has 6 heteroatoms. The van der Waals surface area contributed by atoms with E-state index in [1.54, 1.807) is 29.8 Å². The first-order chi connectivity index (χ1) is 11.7. The van der Waals surface area contributed by atoms with Crippen molar-refractivity contribution in [2.45, 2.75) is 0 Å². The van der Waals surface area contributed by atoms with Gasteiger partial charge >= 0.3 is 0 Å². The molecule has 0 aliphatic carbocycles. The fourth-order valence-corrected chi connectivity index (χ4v) is 3.47. The third kappa shape index (κ3) is 2.84. The standard InChI is InChI=1S/C18H11Cl2N3S/c19-14-6-5-13(9-15(14)20)23-17(18-4-2-8-24-18)10-16(22-23)12-3-1-7-21-11-12/h1-11H. The Bertz CT molecular complexity index is 979. The van der Waals surface area contributed by atoms with Gasteiger partial charge in [0, 0.05) is 18.0 Å². The second-order valence-electron chi connectivity index (χ2n) is 5.14. The number of hydrogen-bond acceptors (Lipinski definition) is 3. The Kier molecular flexibility index (Phi) is 4.10. The third-order valence-electron chi connectivity index (χ3n) is 3.59. The van der Waals surface area contributed by atoms with Gasteiger partial charge in [0.1, 0.15) is 0 Å². The number of thiophene rings is 1. The predicted molar refractivity (Wildman–Crippen MR) is 100 cm³/mol. The summed E-state index contributed by atoms with van der Waals surface area (Å²) >= 11 is 13.9. The van der Waals surface area contributed by atoms with Gasteiger partial charge in [-0.2, -0.15) is 5.10 Å². The first-order valence-corrected chi connectivity index (χ1v) is 8.86. The Balaban J connectivity index is 1.91. The molecule has 0 aliphatic heterocycles. The molecule has 1 aromatic carbocycles. The van der Waals surface area contributed by atoms with Crippen molar-refractivity contribution in [2.75, 3.05) is 0 Å². The molecule has 0 N–H and O–H groups in total. The molecule has 0 bridgehead atoms. The Morgan fingerprint density at radius 2 is 1.88 bits per heavy atom. The fourth-order valence-electron chi connectivity index (χ4n) is 2.45. The quantitative estimate of drug-likeness (QED) is 0.444. The van der Waals surface area contributed by atoms with Crippen LogP contribution in [0.5, 0.6) is 0 Å². The molecule has 0 radical (unpaired) electrons. The molecule has 0 atom stereocenters. The number of rotatable bonds is 3. The van der Waals surface area contributed by atoms with E-state index in [-0.39, 0.29) is 0 Å². The lowest BCUT2D eigenvalue weighted by atomic mass is 10.2. The van der Waals surface area contributed by atoms with Crippen molar-refractivity contribution < 1.29 is 0 Å². The summed E-state index contributed by atoms with van der Waals surface area (Å²) in [7, 11) is 0. The van der Waals surface area contributed by atoms with E-state index in [9.17, 15) is 0 Å². The molecule has 3 aromatic heterocycles. The van der Waals surface area contributed by atoms with Crippen molar-refractivity contribution in [1.82, 2.24) is 14.8 Å². The van der Waals surface area contributed by atoms with Crippen LogP contribution in [0.25, 0.3) is 27.5 Å². The van der Waals surface area contributed by atoms with Crippen LogP contribution in [0.2, 0.25) is 10.0 Å². The summed E-state index contributed by atoms with van der Waals surface area (Å²) in [6.07, 6.45) is 3.55. The van der Waals surface area contributed by atoms with E-state index in [0.717, 1.165) is 27.5 Å². The van der Waals surface area contributed by atoms with Gasteiger partial charge in [0.2, 0.25) is 0 Å². The van der Waals surface area contributed by atoms with Crippen molar-refractivity contribution in [3.8, 4) is 27.5 Å². The van der Waals surface area contributed by atoms with Crippen LogP contribution in [0.3, 0.4) is 0 Å². The molecular formula is C18H11Cl2N3S. The van der Waals surface area contributed by atoms with E-state index in [2.05, 4.69) is 17.1 Å². The minimum Gasteiger partial charge on any atom is -0.264 e. The molecule has 0 amide bonds. The topological polar surface area (TPSA) is 30.7 Å². The maximum Gasteiger partial charge on any atom is 0.0949 e. The highest BCUT2D eigenvalue weighted by atomic mass is 35.5. The molecule has 3 nitrogen and oxygen atoms in total. The summed E-state index contributed by atoms with van der Waals surface area (Å²) in [6, 6.07) is 15.6. The third-order valence-corrected chi connectivity index (χ3v) is 5.22. The van der Waals surface area contributed by atoms with E-state index >= 15 is 0 Å². The van der Waals surface area contributed by atoms with Gasteiger partial charge in [-0.3, -0.25) is 4.98 Å². The monoisotopic (exact) mass is 371 g/mol. The van der Waals surface area contributed by atoms with E-state index in [0.29, 0.717) is 10.0 Å². The van der Waals surface area contributed by atoms with Crippen molar-refractivity contribution in [3.05, 3.63) is 76.3 Å². The van der Waals surface area contributed by atoms with Crippen LogP contribution in [-0.4, -0.2) is 14.8 Å². The first-order valence-electron chi connectivity index (χ1n) is 7.22. The zero-order valence-corrected chi connectivity index (χ0v) is 14.7. The van der Waals surface area contributed by atoms with Crippen molar-refractivity contribution in [2.24, 2.45) is 0 Å². The smallest absolute Gasteiger partial charge is 0.0949 e. The van der Waals surface area contributed by atoms with Crippen LogP contribution < -0.4 is 0 Å². The van der Waals surface area contributed by atoms with Crippen LogP contribution in [0.15, 0.2) is 66.3 Å². The summed E-state index contributed by atoms with van der Waals surface area (Å²) in [6.45, 7) is 0. The second kappa shape index (κ2) is 6.40. The second-order valence-corrected chi connectivity index (χ2v) is 6.91. The average Bonchev–Trinajstić information content (AvgIpc) is 3.27. The summed E-state index contributed by atoms with van der Waals surface area (Å²) < 4.78 is 1.89. The van der Waals surface area contributed by atoms with Crippen molar-refractivity contribution in [3.63, 3.8) is 0 Å². The minimum atomic E-state index is 0.504. The number of aromatic nitrogens is 3. The Hall–Kier alpha value is -2.14. The highest BCUT2D eigenvalue weighted by molar-refractivity contribution is 7.13. The number of hydrogen-bond donors (Lipinski definition) is 0. The van der Waals surface area contributed by atoms with Gasteiger partial charge in [0.25, 0.3) is 0 Å². The summed E-state index contributed by atoms with van der Waals surface area (Å²) in [5, 5.41) is 7.84. The minimum absolute atomic E-state index is 0.504. The lowest BCUT2D eigenvalue weighted by Gasteiger charge is -2.07. The molecule has 0 spiro atoms. The van der Waals surface area contributed by atoms with E-state index in [1.165, 1.54) is 0 Å². The highest BCUT2D eigenvalue weighted by Gasteiger charge is 2.14. The summed E-state index contributed by atoms with van der Waals surface area (Å²) in [4.78, 5) is 5.30. The number of halogens is 2. The molecule has 0 saturated heterocycles. The zero-order valence-electron chi connectivity index (χ0n) is 12.4. The molecule has 0 unspecified atom stereocenters. The van der Waals surface area contributed by atoms with E-state index in [4.69, 9.17) is 28.3 Å². The fraction of sp³-hybridized carbons (Fsp3) is 0. The molecule has 4 rings (SSSR count). The lowest BCUT2D eigenvalue weighted by molar-refractivity contribution is 0.893. The SMILES string of the molecule is Clc1ccc(-n2nc(-c3cccnc3)cc2-c2cccs2)cc1Cl. The first kappa shape index (κ1) is 15.4. The highest BCUT2D eigenvalue weighted by Crippen LogP contribution is 2.32. The number of benzene rings is 1. The molecular weight excluding hydrogens is 361 g/mol. The van der Waals surface area contributed by atoms with Gasteiger partial charge in [-0.15, -0.1) is 11.3 Å². The lowest BCUT2D eigenvalue weighted by Crippen LogP contribution is -1.98. The Morgan fingerprint density at radius 3 is 2.58 bits per heavy atom. The van der Waals surface area contributed by atoms with Crippen LogP contribution in [-0.2, 0) is 0 Å². The van der Waals surface area contributed by atoms with Gasteiger partial charge < -0.3 is 0 Å². The molecule has 0 fully saturated rings. The van der Waals surface area contributed by atoms with Gasteiger partial charge in [-0.1, -0.05) is 29.3 Å². The van der Waals surface area contributed by atoms with Gasteiger partial charge in [-0.05, 0) is 47.8 Å². The van der Waals surface area contributed by atoms with Crippen LogP contribution >= 0.6 is 34.5 Å². The van der Waals surface area contributed by atoms with Gasteiger partial charge in [0.15, 0.2) is 0 Å².